The number of halogens is 4. The first-order valence-electron chi connectivity index (χ1n) is 9.82. The molecule has 0 aliphatic carbocycles. The highest BCUT2D eigenvalue weighted by Crippen LogP contribution is 2.39. The maximum Gasteiger partial charge on any atom is 0.212 e. The van der Waals surface area contributed by atoms with Crippen LogP contribution in [0, 0.1) is 30.2 Å². The lowest BCUT2D eigenvalue weighted by molar-refractivity contribution is 0.536. The largest absolute Gasteiger partial charge is 0.272 e. The maximum atomic E-state index is 15.8. The molecule has 0 atom stereocenters. The van der Waals surface area contributed by atoms with Crippen LogP contribution in [-0.4, -0.2) is 23.2 Å². The number of benzene rings is 2. The van der Waals surface area contributed by atoms with Gasteiger partial charge in [0.15, 0.2) is 5.82 Å². The molecule has 0 aliphatic heterocycles. The van der Waals surface area contributed by atoms with Crippen molar-refractivity contribution in [1.29, 1.82) is 0 Å². The molecule has 33 heavy (non-hydrogen) atoms. The van der Waals surface area contributed by atoms with Gasteiger partial charge in [0.1, 0.15) is 32.9 Å². The third-order valence-electron chi connectivity index (χ3n) is 5.12. The highest BCUT2D eigenvalue weighted by atomic mass is 32.2. The van der Waals surface area contributed by atoms with Crippen LogP contribution in [0.1, 0.15) is 12.5 Å². The molecule has 0 fully saturated rings. The van der Waals surface area contributed by atoms with Crippen molar-refractivity contribution in [3.8, 4) is 22.4 Å². The zero-order valence-corrected chi connectivity index (χ0v) is 18.3. The molecule has 5 nitrogen and oxygen atoms in total. The molecule has 0 N–H and O–H groups in total. The standard InChI is InChI=1S/C23H17F4N3O2S/c1-3-30-12-16(14-6-8-28-9-7-14)22(29-30)20-18(26)10-13(2)23(21(20)27)33(31,32)19-11-15(24)4-5-17(19)25/h4-12H,3H2,1-2H3. The monoisotopic (exact) mass is 475 g/mol. The van der Waals surface area contributed by atoms with Crippen molar-refractivity contribution in [1.82, 2.24) is 14.8 Å². The molecule has 4 rings (SSSR count). The van der Waals surface area contributed by atoms with Gasteiger partial charge in [-0.05, 0) is 61.4 Å². The maximum absolute atomic E-state index is 15.8. The number of aromatic nitrogens is 3. The average Bonchev–Trinajstić information content (AvgIpc) is 3.19. The van der Waals surface area contributed by atoms with Crippen LogP contribution in [0.5, 0.6) is 0 Å². The summed E-state index contributed by atoms with van der Waals surface area (Å²) < 4.78 is 86.6. The summed E-state index contributed by atoms with van der Waals surface area (Å²) in [6, 6.07) is 5.90. The number of hydrogen-bond donors (Lipinski definition) is 0. The van der Waals surface area contributed by atoms with Crippen molar-refractivity contribution in [2.24, 2.45) is 0 Å². The Bertz CT molecular complexity index is 1470. The molecule has 0 spiro atoms. The molecular weight excluding hydrogens is 458 g/mol. The summed E-state index contributed by atoms with van der Waals surface area (Å²) in [7, 11) is -4.88. The molecule has 0 amide bonds. The number of rotatable bonds is 5. The van der Waals surface area contributed by atoms with E-state index >= 15 is 8.78 Å². The third-order valence-corrected chi connectivity index (χ3v) is 7.05. The Morgan fingerprint density at radius 3 is 2.33 bits per heavy atom. The minimum atomic E-state index is -4.88. The predicted molar refractivity (Wildman–Crippen MR) is 113 cm³/mol. The van der Waals surface area contributed by atoms with Crippen LogP contribution >= 0.6 is 0 Å². The molecule has 2 aromatic carbocycles. The van der Waals surface area contributed by atoms with Crippen molar-refractivity contribution in [3.05, 3.63) is 83.8 Å². The molecule has 0 radical (unpaired) electrons. The fraction of sp³-hybridized carbons (Fsp3) is 0.130. The van der Waals surface area contributed by atoms with Crippen LogP contribution < -0.4 is 0 Å². The first kappa shape index (κ1) is 22.7. The van der Waals surface area contributed by atoms with Crippen LogP contribution in [0.25, 0.3) is 22.4 Å². The molecular formula is C23H17F4N3O2S. The first-order chi connectivity index (χ1) is 15.6. The minimum Gasteiger partial charge on any atom is -0.272 e. The molecule has 0 saturated heterocycles. The number of hydrogen-bond acceptors (Lipinski definition) is 4. The van der Waals surface area contributed by atoms with Crippen molar-refractivity contribution in [2.45, 2.75) is 30.2 Å². The fourth-order valence-corrected chi connectivity index (χ4v) is 5.20. The van der Waals surface area contributed by atoms with E-state index in [0.29, 0.717) is 29.8 Å². The van der Waals surface area contributed by atoms with Gasteiger partial charge in [0.25, 0.3) is 0 Å². The molecule has 0 saturated carbocycles. The van der Waals surface area contributed by atoms with E-state index in [0.717, 1.165) is 12.1 Å². The molecule has 0 unspecified atom stereocenters. The Morgan fingerprint density at radius 1 is 0.970 bits per heavy atom. The van der Waals surface area contributed by atoms with Gasteiger partial charge in [0.05, 0.1) is 5.56 Å². The van der Waals surface area contributed by atoms with E-state index < -0.39 is 48.5 Å². The Kier molecular flexibility index (Phi) is 5.79. The zero-order chi connectivity index (χ0) is 23.9. The van der Waals surface area contributed by atoms with Crippen molar-refractivity contribution in [2.75, 3.05) is 0 Å². The van der Waals surface area contributed by atoms with E-state index in [1.165, 1.54) is 24.0 Å². The van der Waals surface area contributed by atoms with Crippen molar-refractivity contribution in [3.63, 3.8) is 0 Å². The van der Waals surface area contributed by atoms with Gasteiger partial charge in [0, 0.05) is 30.7 Å². The van der Waals surface area contributed by atoms with Gasteiger partial charge in [-0.2, -0.15) is 5.10 Å². The molecule has 2 aromatic heterocycles. The fourth-order valence-electron chi connectivity index (χ4n) is 3.57. The first-order valence-corrected chi connectivity index (χ1v) is 11.3. The van der Waals surface area contributed by atoms with Gasteiger partial charge < -0.3 is 0 Å². The summed E-state index contributed by atoms with van der Waals surface area (Å²) in [5.41, 5.74) is -0.206. The summed E-state index contributed by atoms with van der Waals surface area (Å²) in [6.45, 7) is 3.33. The average molecular weight is 475 g/mol. The lowest BCUT2D eigenvalue weighted by atomic mass is 10.0. The summed E-state index contributed by atoms with van der Waals surface area (Å²) in [6.07, 6.45) is 4.56. The highest BCUT2D eigenvalue weighted by Gasteiger charge is 2.32. The topological polar surface area (TPSA) is 64.8 Å². The van der Waals surface area contributed by atoms with E-state index in [-0.39, 0.29) is 11.3 Å². The van der Waals surface area contributed by atoms with Crippen LogP contribution in [0.15, 0.2) is 64.8 Å². The summed E-state index contributed by atoms with van der Waals surface area (Å²) in [5.74, 6) is -4.75. The number of sulfone groups is 1. The summed E-state index contributed by atoms with van der Waals surface area (Å²) in [5, 5.41) is 4.24. The van der Waals surface area contributed by atoms with Crippen LogP contribution in [0.3, 0.4) is 0 Å². The second-order valence-corrected chi connectivity index (χ2v) is 9.11. The van der Waals surface area contributed by atoms with Gasteiger partial charge in [-0.3, -0.25) is 9.67 Å². The predicted octanol–water partition coefficient (Wildman–Crippen LogP) is 5.33. The van der Waals surface area contributed by atoms with Gasteiger partial charge in [-0.1, -0.05) is 0 Å². The zero-order valence-electron chi connectivity index (χ0n) is 17.5. The normalized spacial score (nSPS) is 11.7. The van der Waals surface area contributed by atoms with E-state index in [2.05, 4.69) is 10.1 Å². The van der Waals surface area contributed by atoms with Gasteiger partial charge in [-0.15, -0.1) is 0 Å². The van der Waals surface area contributed by atoms with Gasteiger partial charge in [-0.25, -0.2) is 26.0 Å². The van der Waals surface area contributed by atoms with E-state index in [9.17, 15) is 17.2 Å². The Hall–Kier alpha value is -3.53. The third kappa shape index (κ3) is 3.91. The Labute approximate surface area is 187 Å². The molecule has 2 heterocycles. The number of aryl methyl sites for hydroxylation is 2. The van der Waals surface area contributed by atoms with E-state index in [1.54, 1.807) is 25.3 Å². The van der Waals surface area contributed by atoms with E-state index in [4.69, 9.17) is 0 Å². The van der Waals surface area contributed by atoms with Crippen LogP contribution in [0.4, 0.5) is 17.6 Å². The van der Waals surface area contributed by atoms with Gasteiger partial charge in [0.2, 0.25) is 9.84 Å². The lowest BCUT2D eigenvalue weighted by Gasteiger charge is -2.14. The second kappa shape index (κ2) is 8.43. The molecule has 0 aliphatic rings. The molecule has 0 bridgehead atoms. The molecule has 10 heteroatoms. The van der Waals surface area contributed by atoms with Crippen molar-refractivity contribution >= 4 is 9.84 Å². The molecule has 4 aromatic rings. The molecule has 170 valence electrons. The SMILES string of the molecule is CCn1cc(-c2ccncc2)c(-c2c(F)cc(C)c(S(=O)(=O)c3cc(F)ccc3F)c2F)n1. The van der Waals surface area contributed by atoms with Crippen LogP contribution in [0.2, 0.25) is 0 Å². The quantitative estimate of drug-likeness (QED) is 0.289. The lowest BCUT2D eigenvalue weighted by Crippen LogP contribution is -2.12. The Morgan fingerprint density at radius 2 is 1.67 bits per heavy atom. The summed E-state index contributed by atoms with van der Waals surface area (Å²) >= 11 is 0. The van der Waals surface area contributed by atoms with E-state index in [1.807, 2.05) is 0 Å². The number of pyridine rings is 1. The van der Waals surface area contributed by atoms with Crippen molar-refractivity contribution < 1.29 is 26.0 Å². The second-order valence-electron chi connectivity index (χ2n) is 7.25. The smallest absolute Gasteiger partial charge is 0.212 e. The highest BCUT2D eigenvalue weighted by molar-refractivity contribution is 7.91. The minimum absolute atomic E-state index is 0.130. The van der Waals surface area contributed by atoms with Crippen LogP contribution in [-0.2, 0) is 16.4 Å². The Balaban J connectivity index is 2.02. The van der Waals surface area contributed by atoms with Gasteiger partial charge >= 0.3 is 0 Å². The number of nitrogens with zero attached hydrogens (tertiary/aromatic N) is 3. The summed E-state index contributed by atoms with van der Waals surface area (Å²) in [4.78, 5) is 1.93.